The maximum absolute atomic E-state index is 12.5. The molecular weight excluding hydrogens is 378 g/mol. The van der Waals surface area contributed by atoms with Gasteiger partial charge in [0, 0.05) is 16.7 Å². The van der Waals surface area contributed by atoms with Crippen LogP contribution in [0.1, 0.15) is 5.56 Å². The second kappa shape index (κ2) is 9.78. The maximum Gasteiger partial charge on any atom is 0.279 e. The fraction of sp³-hybridized carbons (Fsp3) is 0.381. The van der Waals surface area contributed by atoms with Crippen LogP contribution in [0.5, 0.6) is 11.5 Å². The zero-order valence-electron chi connectivity index (χ0n) is 16.4. The van der Waals surface area contributed by atoms with Gasteiger partial charge in [-0.25, -0.2) is 0 Å². The topological polar surface area (TPSA) is 56.4 Å². The summed E-state index contributed by atoms with van der Waals surface area (Å²) < 4.78 is 10.5. The SMILES string of the molecule is COc1ccc(NC(=O)C[NH+]2CC[NH+](Cc3ccc(Cl)cc3)CC2)c(OC)c1. The van der Waals surface area contributed by atoms with Crippen molar-refractivity contribution in [2.45, 2.75) is 6.54 Å². The van der Waals surface area contributed by atoms with E-state index in [-0.39, 0.29) is 5.91 Å². The third kappa shape index (κ3) is 5.61. The molecule has 0 bridgehead atoms. The largest absolute Gasteiger partial charge is 0.497 e. The number of hydrogen-bond donors (Lipinski definition) is 3. The first-order chi connectivity index (χ1) is 13.6. The molecule has 2 aromatic rings. The Balaban J connectivity index is 1.46. The van der Waals surface area contributed by atoms with Gasteiger partial charge in [0.15, 0.2) is 6.54 Å². The number of piperazine rings is 1. The number of nitrogens with one attached hydrogen (secondary N) is 3. The van der Waals surface area contributed by atoms with E-state index in [1.807, 2.05) is 18.2 Å². The van der Waals surface area contributed by atoms with Crippen molar-refractivity contribution in [3.63, 3.8) is 0 Å². The molecule has 0 saturated carbocycles. The Morgan fingerprint density at radius 3 is 2.32 bits per heavy atom. The van der Waals surface area contributed by atoms with Crippen molar-refractivity contribution >= 4 is 23.2 Å². The predicted octanol–water partition coefficient (Wildman–Crippen LogP) is 0.279. The zero-order valence-corrected chi connectivity index (χ0v) is 17.1. The van der Waals surface area contributed by atoms with Crippen LogP contribution in [0, 0.1) is 0 Å². The predicted molar refractivity (Wildman–Crippen MR) is 110 cm³/mol. The molecule has 0 atom stereocenters. The molecule has 0 spiro atoms. The molecule has 2 aromatic carbocycles. The second-order valence-corrected chi connectivity index (χ2v) is 7.53. The van der Waals surface area contributed by atoms with Crippen LogP contribution in [0.15, 0.2) is 42.5 Å². The van der Waals surface area contributed by atoms with Crippen LogP contribution in [0.25, 0.3) is 0 Å². The van der Waals surface area contributed by atoms with Crippen LogP contribution in [-0.4, -0.2) is 52.9 Å². The average molecular weight is 406 g/mol. The molecular formula is C21H28ClN3O3+2. The van der Waals surface area contributed by atoms with E-state index in [1.165, 1.54) is 10.5 Å². The molecule has 150 valence electrons. The van der Waals surface area contributed by atoms with E-state index in [0.717, 1.165) is 37.7 Å². The minimum absolute atomic E-state index is 0.000354. The van der Waals surface area contributed by atoms with Crippen molar-refractivity contribution in [1.82, 2.24) is 0 Å². The lowest BCUT2D eigenvalue weighted by atomic mass is 10.2. The summed E-state index contributed by atoms with van der Waals surface area (Å²) >= 11 is 5.95. The summed E-state index contributed by atoms with van der Waals surface area (Å²) in [6.45, 7) is 5.53. The van der Waals surface area contributed by atoms with Crippen molar-refractivity contribution in [3.8, 4) is 11.5 Å². The highest BCUT2D eigenvalue weighted by molar-refractivity contribution is 6.30. The van der Waals surface area contributed by atoms with Crippen molar-refractivity contribution in [2.24, 2.45) is 0 Å². The number of benzene rings is 2. The van der Waals surface area contributed by atoms with Crippen LogP contribution in [0.4, 0.5) is 5.69 Å². The Bertz CT molecular complexity index is 790. The van der Waals surface area contributed by atoms with Crippen molar-refractivity contribution < 1.29 is 24.1 Å². The zero-order chi connectivity index (χ0) is 19.9. The van der Waals surface area contributed by atoms with Gasteiger partial charge in [-0.05, 0) is 24.3 Å². The minimum atomic E-state index is -0.000354. The van der Waals surface area contributed by atoms with Crippen molar-refractivity contribution in [2.75, 3.05) is 52.3 Å². The van der Waals surface area contributed by atoms with E-state index in [0.29, 0.717) is 23.7 Å². The summed E-state index contributed by atoms with van der Waals surface area (Å²) in [6.07, 6.45) is 0. The Morgan fingerprint density at radius 2 is 1.68 bits per heavy atom. The number of methoxy groups -OCH3 is 2. The van der Waals surface area contributed by atoms with Gasteiger partial charge in [0.25, 0.3) is 5.91 Å². The van der Waals surface area contributed by atoms with Gasteiger partial charge in [-0.1, -0.05) is 23.7 Å². The Hall–Kier alpha value is -2.28. The van der Waals surface area contributed by atoms with Gasteiger partial charge in [-0.3, -0.25) is 4.79 Å². The number of ether oxygens (including phenoxy) is 2. The maximum atomic E-state index is 12.5. The molecule has 1 aliphatic heterocycles. The molecule has 6 nitrogen and oxygen atoms in total. The normalized spacial score (nSPS) is 19.1. The molecule has 1 aliphatic rings. The molecule has 0 aromatic heterocycles. The minimum Gasteiger partial charge on any atom is -0.497 e. The number of carbonyl (C=O) groups excluding carboxylic acids is 1. The standard InChI is InChI=1S/C21H26ClN3O3/c1-27-18-7-8-19(20(13-18)28-2)23-21(26)15-25-11-9-24(10-12-25)14-16-3-5-17(22)6-4-16/h3-8,13H,9-12,14-15H2,1-2H3,(H,23,26)/p+2. The molecule has 1 amide bonds. The first kappa shape index (κ1) is 20.5. The summed E-state index contributed by atoms with van der Waals surface area (Å²) in [4.78, 5) is 15.3. The van der Waals surface area contributed by atoms with E-state index < -0.39 is 0 Å². The second-order valence-electron chi connectivity index (χ2n) is 7.09. The van der Waals surface area contributed by atoms with E-state index in [1.54, 1.807) is 31.3 Å². The number of rotatable bonds is 7. The third-order valence-electron chi connectivity index (χ3n) is 5.12. The van der Waals surface area contributed by atoms with E-state index in [2.05, 4.69) is 17.4 Å². The molecule has 1 heterocycles. The van der Waals surface area contributed by atoms with Crippen molar-refractivity contribution in [3.05, 3.63) is 53.1 Å². The van der Waals surface area contributed by atoms with Gasteiger partial charge < -0.3 is 24.6 Å². The van der Waals surface area contributed by atoms with Crippen LogP contribution >= 0.6 is 11.6 Å². The number of quaternary nitrogens is 2. The van der Waals surface area contributed by atoms with Gasteiger partial charge >= 0.3 is 0 Å². The first-order valence-electron chi connectivity index (χ1n) is 9.51. The van der Waals surface area contributed by atoms with Crippen LogP contribution in [0.2, 0.25) is 5.02 Å². The number of amides is 1. The van der Waals surface area contributed by atoms with Gasteiger partial charge in [0.05, 0.1) is 19.9 Å². The van der Waals surface area contributed by atoms with Crippen LogP contribution in [0.3, 0.4) is 0 Å². The summed E-state index contributed by atoms with van der Waals surface area (Å²) in [7, 11) is 3.18. The van der Waals surface area contributed by atoms with E-state index in [9.17, 15) is 4.79 Å². The molecule has 0 radical (unpaired) electrons. The molecule has 1 saturated heterocycles. The van der Waals surface area contributed by atoms with Crippen molar-refractivity contribution in [1.29, 1.82) is 0 Å². The van der Waals surface area contributed by atoms with Gasteiger partial charge in [-0.15, -0.1) is 0 Å². The van der Waals surface area contributed by atoms with Gasteiger partial charge in [0.2, 0.25) is 0 Å². The molecule has 3 rings (SSSR count). The van der Waals surface area contributed by atoms with Gasteiger partial charge in [-0.2, -0.15) is 0 Å². The van der Waals surface area contributed by atoms with E-state index >= 15 is 0 Å². The number of anilines is 1. The molecule has 28 heavy (non-hydrogen) atoms. The number of halogens is 1. The highest BCUT2D eigenvalue weighted by atomic mass is 35.5. The lowest BCUT2D eigenvalue weighted by molar-refractivity contribution is -1.02. The summed E-state index contributed by atoms with van der Waals surface area (Å²) in [6, 6.07) is 13.4. The highest BCUT2D eigenvalue weighted by Gasteiger charge is 2.25. The molecule has 3 N–H and O–H groups in total. The Kier molecular flexibility index (Phi) is 7.14. The van der Waals surface area contributed by atoms with Crippen LogP contribution < -0.4 is 24.6 Å². The number of carbonyl (C=O) groups is 1. The summed E-state index contributed by atoms with van der Waals surface area (Å²) in [5.41, 5.74) is 1.96. The average Bonchev–Trinajstić information content (AvgIpc) is 2.71. The fourth-order valence-corrected chi connectivity index (χ4v) is 3.65. The fourth-order valence-electron chi connectivity index (χ4n) is 3.52. The Morgan fingerprint density at radius 1 is 1.00 bits per heavy atom. The summed E-state index contributed by atoms with van der Waals surface area (Å²) in [5.74, 6) is 1.29. The molecule has 7 heteroatoms. The lowest BCUT2D eigenvalue weighted by Crippen LogP contribution is -3.28. The lowest BCUT2D eigenvalue weighted by Gasteiger charge is -2.29. The van der Waals surface area contributed by atoms with E-state index in [4.69, 9.17) is 21.1 Å². The number of hydrogen-bond acceptors (Lipinski definition) is 3. The molecule has 0 aliphatic carbocycles. The monoisotopic (exact) mass is 405 g/mol. The quantitative estimate of drug-likeness (QED) is 0.620. The highest BCUT2D eigenvalue weighted by Crippen LogP contribution is 2.28. The van der Waals surface area contributed by atoms with Gasteiger partial charge in [0.1, 0.15) is 44.2 Å². The smallest absolute Gasteiger partial charge is 0.279 e. The first-order valence-corrected chi connectivity index (χ1v) is 9.88. The molecule has 1 fully saturated rings. The third-order valence-corrected chi connectivity index (χ3v) is 5.38. The Labute approximate surface area is 171 Å². The summed E-state index contributed by atoms with van der Waals surface area (Å²) in [5, 5.41) is 3.73. The van der Waals surface area contributed by atoms with Crippen LogP contribution in [-0.2, 0) is 11.3 Å². The molecule has 0 unspecified atom stereocenters.